The Kier molecular flexibility index (Phi) is 5.38. The minimum atomic E-state index is -0.954. The maximum Gasteiger partial charge on any atom is 0.336 e. The Morgan fingerprint density at radius 3 is 2.66 bits per heavy atom. The maximum absolute atomic E-state index is 12.4. The highest BCUT2D eigenvalue weighted by Crippen LogP contribution is 2.41. The van der Waals surface area contributed by atoms with Crippen LogP contribution in [0.3, 0.4) is 0 Å². The summed E-state index contributed by atoms with van der Waals surface area (Å²) in [7, 11) is 0. The average Bonchev–Trinajstić information content (AvgIpc) is 3.13. The SMILES string of the molecule is Cc1c(-c2cc(C(=O)O)c3c(O[C@@H]4CCCC[C@H]4C)ccc(C)c3n2)sc2ccccc12. The second-order valence-electron chi connectivity index (χ2n) is 8.93. The molecule has 0 amide bonds. The van der Waals surface area contributed by atoms with E-state index < -0.39 is 5.97 Å². The smallest absolute Gasteiger partial charge is 0.336 e. The molecule has 0 radical (unpaired) electrons. The topological polar surface area (TPSA) is 59.4 Å². The van der Waals surface area contributed by atoms with Crippen molar-refractivity contribution in [2.45, 2.75) is 52.6 Å². The van der Waals surface area contributed by atoms with Crippen molar-refractivity contribution in [2.75, 3.05) is 0 Å². The van der Waals surface area contributed by atoms with Gasteiger partial charge in [0.1, 0.15) is 11.9 Å². The number of aryl methyl sites for hydroxylation is 2. The van der Waals surface area contributed by atoms with Gasteiger partial charge in [-0.3, -0.25) is 0 Å². The number of thiophene rings is 1. The molecule has 2 aromatic carbocycles. The predicted molar refractivity (Wildman–Crippen MR) is 131 cm³/mol. The number of ether oxygens (including phenoxy) is 1. The highest BCUT2D eigenvalue weighted by atomic mass is 32.1. The van der Waals surface area contributed by atoms with Crippen molar-refractivity contribution in [3.8, 4) is 16.3 Å². The Bertz CT molecular complexity index is 1340. The summed E-state index contributed by atoms with van der Waals surface area (Å²) in [6.07, 6.45) is 4.65. The summed E-state index contributed by atoms with van der Waals surface area (Å²) >= 11 is 1.66. The van der Waals surface area contributed by atoms with Crippen LogP contribution < -0.4 is 4.74 Å². The van der Waals surface area contributed by atoms with Crippen LogP contribution in [0.4, 0.5) is 0 Å². The van der Waals surface area contributed by atoms with Crippen molar-refractivity contribution in [1.29, 1.82) is 0 Å². The highest BCUT2D eigenvalue weighted by Gasteiger charge is 2.26. The van der Waals surface area contributed by atoms with Gasteiger partial charge in [-0.2, -0.15) is 0 Å². The number of aromatic nitrogens is 1. The van der Waals surface area contributed by atoms with E-state index in [4.69, 9.17) is 9.72 Å². The van der Waals surface area contributed by atoms with Crippen LogP contribution in [0.25, 0.3) is 31.6 Å². The molecule has 1 fully saturated rings. The fraction of sp³-hybridized carbons (Fsp3) is 0.333. The summed E-state index contributed by atoms with van der Waals surface area (Å²) in [6, 6.07) is 13.9. The Morgan fingerprint density at radius 1 is 1.12 bits per heavy atom. The summed E-state index contributed by atoms with van der Waals surface area (Å²) in [5, 5.41) is 12.0. The molecule has 1 aliphatic carbocycles. The van der Waals surface area contributed by atoms with Crippen molar-refractivity contribution >= 4 is 38.3 Å². The second kappa shape index (κ2) is 8.21. The monoisotopic (exact) mass is 445 g/mol. The van der Waals surface area contributed by atoms with Gasteiger partial charge in [-0.25, -0.2) is 9.78 Å². The first kappa shape index (κ1) is 21.0. The Balaban J connectivity index is 1.70. The molecule has 0 aliphatic heterocycles. The molecule has 1 aliphatic rings. The number of nitrogens with zero attached hydrogens (tertiary/aromatic N) is 1. The molecular weight excluding hydrogens is 418 g/mol. The molecular formula is C27H27NO3S. The van der Waals surface area contributed by atoms with E-state index in [9.17, 15) is 9.90 Å². The van der Waals surface area contributed by atoms with Gasteiger partial charge in [-0.1, -0.05) is 37.6 Å². The van der Waals surface area contributed by atoms with E-state index in [0.717, 1.165) is 35.3 Å². The quantitative estimate of drug-likeness (QED) is 0.356. The van der Waals surface area contributed by atoms with Crippen LogP contribution >= 0.6 is 11.3 Å². The van der Waals surface area contributed by atoms with E-state index in [2.05, 4.69) is 26.0 Å². The van der Waals surface area contributed by atoms with Gasteiger partial charge in [0.05, 0.1) is 27.0 Å². The molecule has 5 heteroatoms. The van der Waals surface area contributed by atoms with Crippen LogP contribution in [0, 0.1) is 19.8 Å². The van der Waals surface area contributed by atoms with Crippen LogP contribution in [0.5, 0.6) is 5.75 Å². The summed E-state index contributed by atoms with van der Waals surface area (Å²) in [4.78, 5) is 18.4. The summed E-state index contributed by atoms with van der Waals surface area (Å²) in [5.41, 5.74) is 3.75. The van der Waals surface area contributed by atoms with Crippen molar-refractivity contribution in [2.24, 2.45) is 5.92 Å². The number of carboxylic acids is 1. The summed E-state index contributed by atoms with van der Waals surface area (Å²) < 4.78 is 7.62. The van der Waals surface area contributed by atoms with Crippen molar-refractivity contribution in [3.05, 3.63) is 59.2 Å². The molecule has 0 saturated heterocycles. The van der Waals surface area contributed by atoms with Crippen LogP contribution in [0.2, 0.25) is 0 Å². The first-order valence-corrected chi connectivity index (χ1v) is 12.1. The number of hydrogen-bond acceptors (Lipinski definition) is 4. The van der Waals surface area contributed by atoms with Gasteiger partial charge in [0.2, 0.25) is 0 Å². The summed E-state index contributed by atoms with van der Waals surface area (Å²) in [6.45, 7) is 6.28. The van der Waals surface area contributed by atoms with Crippen molar-refractivity contribution in [1.82, 2.24) is 4.98 Å². The van der Waals surface area contributed by atoms with Crippen LogP contribution in [0.1, 0.15) is 54.1 Å². The molecule has 4 nitrogen and oxygen atoms in total. The van der Waals surface area contributed by atoms with E-state index >= 15 is 0 Å². The van der Waals surface area contributed by atoms with E-state index in [1.54, 1.807) is 17.4 Å². The van der Waals surface area contributed by atoms with Gasteiger partial charge in [0, 0.05) is 4.70 Å². The van der Waals surface area contributed by atoms with Gasteiger partial charge >= 0.3 is 5.97 Å². The fourth-order valence-electron chi connectivity index (χ4n) is 4.87. The number of carbonyl (C=O) groups is 1. The lowest BCUT2D eigenvalue weighted by Gasteiger charge is -2.30. The number of fused-ring (bicyclic) bond motifs is 2. The fourth-order valence-corrected chi connectivity index (χ4v) is 6.03. The molecule has 0 bridgehead atoms. The zero-order valence-corrected chi connectivity index (χ0v) is 19.5. The lowest BCUT2D eigenvalue weighted by atomic mass is 9.88. The third-order valence-electron chi connectivity index (χ3n) is 6.74. The number of aromatic carboxylic acids is 1. The zero-order valence-electron chi connectivity index (χ0n) is 18.6. The largest absolute Gasteiger partial charge is 0.489 e. The standard InChI is InChI=1S/C27H27NO3S/c1-15-8-4-6-10-21(15)31-22-13-12-16(2)25-24(22)19(27(29)30)14-20(28-25)26-17(3)18-9-5-7-11-23(18)32-26/h5,7,9,11-15,21H,4,6,8,10H2,1-3H3,(H,29,30)/t15-,21-/m1/s1. The molecule has 2 heterocycles. The minimum absolute atomic E-state index is 0.112. The van der Waals surface area contributed by atoms with E-state index in [1.165, 1.54) is 16.5 Å². The third-order valence-corrected chi connectivity index (χ3v) is 8.04. The number of carboxylic acid groups (broad SMARTS) is 1. The molecule has 1 N–H and O–H groups in total. The molecule has 1 saturated carbocycles. The molecule has 32 heavy (non-hydrogen) atoms. The van der Waals surface area contributed by atoms with Crippen LogP contribution in [-0.4, -0.2) is 22.2 Å². The molecule has 2 atom stereocenters. The Morgan fingerprint density at radius 2 is 1.91 bits per heavy atom. The van der Waals surface area contributed by atoms with E-state index in [1.807, 2.05) is 31.2 Å². The van der Waals surface area contributed by atoms with E-state index in [-0.39, 0.29) is 11.7 Å². The maximum atomic E-state index is 12.4. The first-order valence-electron chi connectivity index (χ1n) is 11.3. The van der Waals surface area contributed by atoms with Gasteiger partial charge in [-0.05, 0) is 73.7 Å². The minimum Gasteiger partial charge on any atom is -0.489 e. The summed E-state index contributed by atoms with van der Waals surface area (Å²) in [5.74, 6) is 0.139. The molecule has 164 valence electrons. The van der Waals surface area contributed by atoms with E-state index in [0.29, 0.717) is 28.3 Å². The molecule has 4 aromatic rings. The molecule has 2 aromatic heterocycles. The number of pyridine rings is 1. The van der Waals surface area contributed by atoms with Crippen molar-refractivity contribution < 1.29 is 14.6 Å². The molecule has 5 rings (SSSR count). The first-order chi connectivity index (χ1) is 15.4. The molecule has 0 spiro atoms. The lowest BCUT2D eigenvalue weighted by molar-refractivity contribution is 0.0697. The average molecular weight is 446 g/mol. The number of benzene rings is 2. The second-order valence-corrected chi connectivity index (χ2v) is 9.99. The van der Waals surface area contributed by atoms with Gasteiger partial charge in [0.25, 0.3) is 0 Å². The van der Waals surface area contributed by atoms with Gasteiger partial charge in [-0.15, -0.1) is 11.3 Å². The predicted octanol–water partition coefficient (Wildman–Crippen LogP) is 7.39. The van der Waals surface area contributed by atoms with Crippen LogP contribution in [-0.2, 0) is 0 Å². The number of rotatable bonds is 4. The Labute approximate surface area is 191 Å². The van der Waals surface area contributed by atoms with Gasteiger partial charge in [0.15, 0.2) is 0 Å². The number of hydrogen-bond donors (Lipinski definition) is 1. The van der Waals surface area contributed by atoms with Crippen molar-refractivity contribution in [3.63, 3.8) is 0 Å². The molecule has 0 unspecified atom stereocenters. The zero-order chi connectivity index (χ0) is 22.4. The normalized spacial score (nSPS) is 18.8. The lowest BCUT2D eigenvalue weighted by Crippen LogP contribution is -2.28. The van der Waals surface area contributed by atoms with Crippen LogP contribution in [0.15, 0.2) is 42.5 Å². The van der Waals surface area contributed by atoms with Gasteiger partial charge < -0.3 is 9.84 Å². The third kappa shape index (κ3) is 3.55. The Hall–Kier alpha value is -2.92. The highest BCUT2D eigenvalue weighted by molar-refractivity contribution is 7.22.